The van der Waals surface area contributed by atoms with Gasteiger partial charge in [0.25, 0.3) is 0 Å². The third-order valence-electron chi connectivity index (χ3n) is 2.18. The first-order valence-corrected chi connectivity index (χ1v) is 4.85. The Morgan fingerprint density at radius 3 is 2.94 bits per heavy atom. The largest absolute Gasteiger partial charge is 0.464 e. The van der Waals surface area contributed by atoms with Crippen LogP contribution in [-0.2, 0) is 4.74 Å². The zero-order valence-corrected chi connectivity index (χ0v) is 9.31. The fourth-order valence-electron chi connectivity index (χ4n) is 1.33. The van der Waals surface area contributed by atoms with Crippen LogP contribution in [0.25, 0.3) is 5.69 Å². The van der Waals surface area contributed by atoms with Gasteiger partial charge in [-0.05, 0) is 12.1 Å². The normalized spacial score (nSPS) is 10.1. The molecule has 0 radical (unpaired) electrons. The number of nitro groups is 1. The SMILES string of the molecule is COC(=O)c1cc(-n2cc([N+](=O)[O-])cn2)ccn1. The van der Waals surface area contributed by atoms with E-state index in [0.29, 0.717) is 5.69 Å². The van der Waals surface area contributed by atoms with Crippen LogP contribution < -0.4 is 0 Å². The second-order valence-corrected chi connectivity index (χ2v) is 3.29. The maximum absolute atomic E-state index is 11.3. The van der Waals surface area contributed by atoms with Gasteiger partial charge in [-0.25, -0.2) is 14.5 Å². The van der Waals surface area contributed by atoms with Crippen molar-refractivity contribution in [2.24, 2.45) is 0 Å². The summed E-state index contributed by atoms with van der Waals surface area (Å²) in [5, 5.41) is 14.4. The van der Waals surface area contributed by atoms with Crippen molar-refractivity contribution in [1.29, 1.82) is 0 Å². The van der Waals surface area contributed by atoms with Crippen molar-refractivity contribution in [1.82, 2.24) is 14.8 Å². The third-order valence-corrected chi connectivity index (χ3v) is 2.18. The standard InChI is InChI=1S/C10H8N4O4/c1-18-10(15)9-4-7(2-3-11-9)13-6-8(5-12-13)14(16)17/h2-6H,1H3. The van der Waals surface area contributed by atoms with Gasteiger partial charge in [0.15, 0.2) is 0 Å². The van der Waals surface area contributed by atoms with Crippen molar-refractivity contribution in [2.75, 3.05) is 7.11 Å². The van der Waals surface area contributed by atoms with Crippen LogP contribution in [0.2, 0.25) is 0 Å². The van der Waals surface area contributed by atoms with Gasteiger partial charge in [0.1, 0.15) is 18.1 Å². The molecule has 18 heavy (non-hydrogen) atoms. The molecule has 0 bridgehead atoms. The molecule has 0 saturated heterocycles. The topological polar surface area (TPSA) is 100 Å². The Labute approximate surface area is 101 Å². The van der Waals surface area contributed by atoms with Gasteiger partial charge < -0.3 is 4.74 Å². The minimum atomic E-state index is -0.585. The molecule has 0 unspecified atom stereocenters. The highest BCUT2D eigenvalue weighted by molar-refractivity contribution is 5.87. The molecule has 2 aromatic rings. The van der Waals surface area contributed by atoms with Crippen LogP contribution in [0.4, 0.5) is 5.69 Å². The van der Waals surface area contributed by atoms with E-state index < -0.39 is 10.9 Å². The molecule has 92 valence electrons. The second kappa shape index (κ2) is 4.62. The van der Waals surface area contributed by atoms with Crippen LogP contribution in [0.3, 0.4) is 0 Å². The fourth-order valence-corrected chi connectivity index (χ4v) is 1.33. The zero-order valence-electron chi connectivity index (χ0n) is 9.31. The molecule has 0 saturated carbocycles. The predicted molar refractivity (Wildman–Crippen MR) is 59.4 cm³/mol. The van der Waals surface area contributed by atoms with Crippen LogP contribution in [0.15, 0.2) is 30.7 Å². The first-order valence-electron chi connectivity index (χ1n) is 4.85. The Hall–Kier alpha value is -2.77. The lowest BCUT2D eigenvalue weighted by Gasteiger charge is -2.02. The molecule has 2 aromatic heterocycles. The molecule has 0 spiro atoms. The molecule has 0 fully saturated rings. The Kier molecular flexibility index (Phi) is 3.00. The lowest BCUT2D eigenvalue weighted by atomic mass is 10.3. The number of hydrogen-bond acceptors (Lipinski definition) is 6. The van der Waals surface area contributed by atoms with Crippen molar-refractivity contribution in [2.45, 2.75) is 0 Å². The highest BCUT2D eigenvalue weighted by atomic mass is 16.6. The van der Waals surface area contributed by atoms with Gasteiger partial charge in [-0.1, -0.05) is 0 Å². The van der Waals surface area contributed by atoms with E-state index in [-0.39, 0.29) is 11.4 Å². The Morgan fingerprint density at radius 2 is 2.33 bits per heavy atom. The minimum Gasteiger partial charge on any atom is -0.464 e. The highest BCUT2D eigenvalue weighted by Crippen LogP contribution is 2.14. The van der Waals surface area contributed by atoms with Crippen LogP contribution in [0.1, 0.15) is 10.5 Å². The molecule has 0 aromatic carbocycles. The van der Waals surface area contributed by atoms with E-state index in [0.717, 1.165) is 6.20 Å². The number of rotatable bonds is 3. The van der Waals surface area contributed by atoms with Gasteiger partial charge in [-0.3, -0.25) is 10.1 Å². The summed E-state index contributed by atoms with van der Waals surface area (Å²) in [6.45, 7) is 0. The first-order chi connectivity index (χ1) is 8.61. The van der Waals surface area contributed by atoms with Gasteiger partial charge in [0.2, 0.25) is 0 Å². The van der Waals surface area contributed by atoms with Crippen molar-refractivity contribution >= 4 is 11.7 Å². The lowest BCUT2D eigenvalue weighted by Crippen LogP contribution is -2.05. The average Bonchev–Trinajstić information content (AvgIpc) is 2.88. The number of esters is 1. The number of carbonyl (C=O) groups excluding carboxylic acids is 1. The fraction of sp³-hybridized carbons (Fsp3) is 0.100. The maximum Gasteiger partial charge on any atom is 0.356 e. The quantitative estimate of drug-likeness (QED) is 0.455. The summed E-state index contributed by atoms with van der Waals surface area (Å²) in [7, 11) is 1.25. The number of methoxy groups -OCH3 is 1. The molecular weight excluding hydrogens is 240 g/mol. The monoisotopic (exact) mass is 248 g/mol. The van der Waals surface area contributed by atoms with Crippen molar-refractivity contribution in [3.63, 3.8) is 0 Å². The highest BCUT2D eigenvalue weighted by Gasteiger charge is 2.12. The summed E-state index contributed by atoms with van der Waals surface area (Å²) in [5.41, 5.74) is 0.457. The minimum absolute atomic E-state index is 0.105. The molecule has 8 heteroatoms. The maximum atomic E-state index is 11.3. The van der Waals surface area contributed by atoms with Crippen molar-refractivity contribution < 1.29 is 14.5 Å². The summed E-state index contributed by atoms with van der Waals surface area (Å²) >= 11 is 0. The predicted octanol–water partition coefficient (Wildman–Crippen LogP) is 0.962. The first kappa shape index (κ1) is 11.7. The van der Waals surface area contributed by atoms with E-state index in [1.54, 1.807) is 6.07 Å². The van der Waals surface area contributed by atoms with E-state index in [1.165, 1.54) is 30.3 Å². The van der Waals surface area contributed by atoms with Crippen molar-refractivity contribution in [3.05, 3.63) is 46.5 Å². The van der Waals surface area contributed by atoms with E-state index >= 15 is 0 Å². The number of pyridine rings is 1. The van der Waals surface area contributed by atoms with Crippen LogP contribution >= 0.6 is 0 Å². The number of nitrogens with zero attached hydrogens (tertiary/aromatic N) is 4. The Morgan fingerprint density at radius 1 is 1.56 bits per heavy atom. The molecule has 0 amide bonds. The molecule has 0 atom stereocenters. The Balaban J connectivity index is 2.38. The molecular formula is C10H8N4O4. The molecule has 2 rings (SSSR count). The smallest absolute Gasteiger partial charge is 0.356 e. The summed E-state index contributed by atoms with van der Waals surface area (Å²) < 4.78 is 5.82. The number of carbonyl (C=O) groups is 1. The van der Waals surface area contributed by atoms with E-state index in [9.17, 15) is 14.9 Å². The van der Waals surface area contributed by atoms with E-state index in [4.69, 9.17) is 0 Å². The van der Waals surface area contributed by atoms with E-state index in [2.05, 4.69) is 14.8 Å². The van der Waals surface area contributed by atoms with Crippen LogP contribution in [-0.4, -0.2) is 32.8 Å². The summed E-state index contributed by atoms with van der Waals surface area (Å²) in [4.78, 5) is 25.1. The molecule has 0 aliphatic carbocycles. The Bertz CT molecular complexity index is 607. The number of ether oxygens (including phenoxy) is 1. The van der Waals surface area contributed by atoms with Gasteiger partial charge >= 0.3 is 11.7 Å². The van der Waals surface area contributed by atoms with Gasteiger partial charge in [-0.15, -0.1) is 0 Å². The second-order valence-electron chi connectivity index (χ2n) is 3.29. The number of aromatic nitrogens is 3. The zero-order chi connectivity index (χ0) is 13.1. The molecule has 0 aliphatic rings. The van der Waals surface area contributed by atoms with Gasteiger partial charge in [-0.2, -0.15) is 5.10 Å². The molecule has 0 N–H and O–H groups in total. The third kappa shape index (κ3) is 2.17. The van der Waals surface area contributed by atoms with Gasteiger partial charge in [0.05, 0.1) is 17.7 Å². The lowest BCUT2D eigenvalue weighted by molar-refractivity contribution is -0.384. The average molecular weight is 248 g/mol. The van der Waals surface area contributed by atoms with Crippen LogP contribution in [0, 0.1) is 10.1 Å². The van der Waals surface area contributed by atoms with Crippen molar-refractivity contribution in [3.8, 4) is 5.69 Å². The molecule has 0 aliphatic heterocycles. The summed E-state index contributed by atoms with van der Waals surface area (Å²) in [6, 6.07) is 3.01. The van der Waals surface area contributed by atoms with Crippen LogP contribution in [0.5, 0.6) is 0 Å². The molecule has 2 heterocycles. The van der Waals surface area contributed by atoms with Gasteiger partial charge in [0, 0.05) is 6.20 Å². The number of hydrogen-bond donors (Lipinski definition) is 0. The van der Waals surface area contributed by atoms with E-state index in [1.807, 2.05) is 0 Å². The summed E-state index contributed by atoms with van der Waals surface area (Å²) in [6.07, 6.45) is 3.77. The molecule has 8 nitrogen and oxygen atoms in total. The summed E-state index contributed by atoms with van der Waals surface area (Å²) in [5.74, 6) is -0.585.